The molecule has 1 aromatic carbocycles. The Labute approximate surface area is 91.2 Å². The molecule has 0 atom stereocenters. The minimum absolute atomic E-state index is 0.259. The van der Waals surface area contributed by atoms with Gasteiger partial charge >= 0.3 is 5.69 Å². The molecular weight excluding hydrogens is 209 g/mol. The molecule has 1 aromatic heterocycles. The highest BCUT2D eigenvalue weighted by Gasteiger charge is 2.01. The van der Waals surface area contributed by atoms with Crippen LogP contribution < -0.4 is 11.4 Å². The largest absolute Gasteiger partial charge is 0.399 e. The third-order valence-electron chi connectivity index (χ3n) is 2.12. The van der Waals surface area contributed by atoms with E-state index in [1.54, 1.807) is 18.3 Å². The number of nitrogen functional groups attached to an aromatic ring is 1. The molecule has 0 aliphatic rings. The van der Waals surface area contributed by atoms with Crippen molar-refractivity contribution in [2.24, 2.45) is 0 Å². The van der Waals surface area contributed by atoms with Crippen molar-refractivity contribution in [3.05, 3.63) is 58.5 Å². The summed E-state index contributed by atoms with van der Waals surface area (Å²) < 4.78 is 14.4. The second-order valence-electron chi connectivity index (χ2n) is 3.42. The first-order chi connectivity index (χ1) is 7.65. The third-order valence-corrected chi connectivity index (χ3v) is 2.12. The van der Waals surface area contributed by atoms with E-state index < -0.39 is 5.82 Å². The van der Waals surface area contributed by atoms with Gasteiger partial charge in [0.1, 0.15) is 5.82 Å². The molecule has 1 heterocycles. The van der Waals surface area contributed by atoms with Crippen LogP contribution in [0.4, 0.5) is 10.1 Å². The fourth-order valence-electron chi connectivity index (χ4n) is 1.47. The van der Waals surface area contributed by atoms with Crippen LogP contribution in [0.5, 0.6) is 0 Å². The van der Waals surface area contributed by atoms with Gasteiger partial charge < -0.3 is 5.73 Å². The van der Waals surface area contributed by atoms with Crippen molar-refractivity contribution < 1.29 is 4.39 Å². The van der Waals surface area contributed by atoms with Gasteiger partial charge in [0.25, 0.3) is 0 Å². The maximum Gasteiger partial charge on any atom is 0.347 e. The first-order valence-corrected chi connectivity index (χ1v) is 4.71. The van der Waals surface area contributed by atoms with Gasteiger partial charge in [0.05, 0.1) is 6.54 Å². The summed E-state index contributed by atoms with van der Waals surface area (Å²) in [6.07, 6.45) is 3.01. The molecule has 0 amide bonds. The van der Waals surface area contributed by atoms with Crippen molar-refractivity contribution >= 4 is 5.69 Å². The van der Waals surface area contributed by atoms with E-state index in [4.69, 9.17) is 5.73 Å². The topological polar surface area (TPSA) is 60.9 Å². The SMILES string of the molecule is Nc1cc(F)cc(Cn2cccnc2=O)c1. The van der Waals surface area contributed by atoms with Crippen LogP contribution in [0.2, 0.25) is 0 Å². The van der Waals surface area contributed by atoms with Gasteiger partial charge in [-0.05, 0) is 29.8 Å². The minimum Gasteiger partial charge on any atom is -0.399 e. The molecule has 0 fully saturated rings. The fraction of sp³-hybridized carbons (Fsp3) is 0.0909. The second-order valence-corrected chi connectivity index (χ2v) is 3.42. The van der Waals surface area contributed by atoms with E-state index in [9.17, 15) is 9.18 Å². The maximum atomic E-state index is 13.0. The summed E-state index contributed by atoms with van der Waals surface area (Å²) in [5.74, 6) is -0.410. The summed E-state index contributed by atoms with van der Waals surface area (Å²) in [6, 6.07) is 5.85. The highest BCUT2D eigenvalue weighted by Crippen LogP contribution is 2.11. The summed E-state index contributed by atoms with van der Waals surface area (Å²) >= 11 is 0. The summed E-state index contributed by atoms with van der Waals surface area (Å²) in [5.41, 5.74) is 6.11. The van der Waals surface area contributed by atoms with Crippen LogP contribution in [0.15, 0.2) is 41.5 Å². The number of rotatable bonds is 2. The Kier molecular flexibility index (Phi) is 2.68. The van der Waals surface area contributed by atoms with Crippen molar-refractivity contribution in [3.63, 3.8) is 0 Å². The van der Waals surface area contributed by atoms with E-state index in [1.807, 2.05) is 0 Å². The predicted octanol–water partition coefficient (Wildman–Crippen LogP) is 1.01. The standard InChI is InChI=1S/C11H10FN3O/c12-9-4-8(5-10(13)6-9)7-15-3-1-2-14-11(15)16/h1-6H,7,13H2. The van der Waals surface area contributed by atoms with E-state index in [0.29, 0.717) is 11.3 Å². The molecule has 2 rings (SSSR count). The average molecular weight is 219 g/mol. The summed E-state index contributed by atoms with van der Waals surface area (Å²) in [6.45, 7) is 0.259. The van der Waals surface area contributed by atoms with Gasteiger partial charge in [-0.15, -0.1) is 0 Å². The Balaban J connectivity index is 2.34. The molecule has 2 aromatic rings. The number of aromatic nitrogens is 2. The summed E-state index contributed by atoms with van der Waals surface area (Å²) in [4.78, 5) is 14.9. The molecule has 5 heteroatoms. The second kappa shape index (κ2) is 4.14. The number of halogens is 1. The van der Waals surface area contributed by atoms with E-state index in [-0.39, 0.29) is 12.2 Å². The van der Waals surface area contributed by atoms with E-state index >= 15 is 0 Å². The number of nitrogens with zero attached hydrogens (tertiary/aromatic N) is 2. The van der Waals surface area contributed by atoms with E-state index in [1.165, 1.54) is 22.9 Å². The molecule has 0 unspecified atom stereocenters. The van der Waals surface area contributed by atoms with Crippen molar-refractivity contribution in [2.45, 2.75) is 6.54 Å². The van der Waals surface area contributed by atoms with Gasteiger partial charge in [0.2, 0.25) is 0 Å². The van der Waals surface area contributed by atoms with Gasteiger partial charge in [-0.25, -0.2) is 14.2 Å². The van der Waals surface area contributed by atoms with E-state index in [0.717, 1.165) is 0 Å². The number of anilines is 1. The first kappa shape index (κ1) is 10.4. The highest BCUT2D eigenvalue weighted by atomic mass is 19.1. The molecule has 0 aliphatic carbocycles. The molecule has 0 saturated carbocycles. The lowest BCUT2D eigenvalue weighted by Gasteiger charge is -2.05. The zero-order chi connectivity index (χ0) is 11.5. The van der Waals surface area contributed by atoms with Crippen LogP contribution in [-0.4, -0.2) is 9.55 Å². The van der Waals surface area contributed by atoms with Gasteiger partial charge in [0.15, 0.2) is 0 Å². The molecule has 82 valence electrons. The van der Waals surface area contributed by atoms with Crippen LogP contribution >= 0.6 is 0 Å². The van der Waals surface area contributed by atoms with Crippen molar-refractivity contribution in [1.82, 2.24) is 9.55 Å². The Morgan fingerprint density at radius 3 is 2.88 bits per heavy atom. The van der Waals surface area contributed by atoms with Crippen LogP contribution in [0, 0.1) is 5.82 Å². The molecule has 2 N–H and O–H groups in total. The van der Waals surface area contributed by atoms with Crippen LogP contribution in [0.25, 0.3) is 0 Å². The Hall–Kier alpha value is -2.17. The first-order valence-electron chi connectivity index (χ1n) is 4.71. The Morgan fingerprint density at radius 1 is 1.38 bits per heavy atom. The van der Waals surface area contributed by atoms with Crippen LogP contribution in [0.1, 0.15) is 5.56 Å². The van der Waals surface area contributed by atoms with E-state index in [2.05, 4.69) is 4.98 Å². The Morgan fingerprint density at radius 2 is 2.19 bits per heavy atom. The lowest BCUT2D eigenvalue weighted by Crippen LogP contribution is -2.21. The number of hydrogen-bond acceptors (Lipinski definition) is 3. The number of nitrogens with two attached hydrogens (primary N) is 1. The molecule has 0 bridgehead atoms. The average Bonchev–Trinajstić information content (AvgIpc) is 2.20. The highest BCUT2D eigenvalue weighted by molar-refractivity contribution is 5.41. The minimum atomic E-state index is -0.410. The molecule has 0 radical (unpaired) electrons. The van der Waals surface area contributed by atoms with Crippen molar-refractivity contribution in [3.8, 4) is 0 Å². The molecule has 0 aliphatic heterocycles. The quantitative estimate of drug-likeness (QED) is 0.767. The van der Waals surface area contributed by atoms with Gasteiger partial charge in [-0.1, -0.05) is 0 Å². The molecular formula is C11H10FN3O. The lowest BCUT2D eigenvalue weighted by molar-refractivity contribution is 0.622. The summed E-state index contributed by atoms with van der Waals surface area (Å²) in [7, 11) is 0. The number of benzene rings is 1. The van der Waals surface area contributed by atoms with Crippen molar-refractivity contribution in [2.75, 3.05) is 5.73 Å². The zero-order valence-corrected chi connectivity index (χ0v) is 8.43. The predicted molar refractivity (Wildman–Crippen MR) is 58.4 cm³/mol. The van der Waals surface area contributed by atoms with Gasteiger partial charge in [-0.3, -0.25) is 4.57 Å². The molecule has 16 heavy (non-hydrogen) atoms. The summed E-state index contributed by atoms with van der Waals surface area (Å²) in [5, 5.41) is 0. The smallest absolute Gasteiger partial charge is 0.347 e. The lowest BCUT2D eigenvalue weighted by atomic mass is 10.2. The normalized spacial score (nSPS) is 10.3. The van der Waals surface area contributed by atoms with Crippen LogP contribution in [0.3, 0.4) is 0 Å². The fourth-order valence-corrected chi connectivity index (χ4v) is 1.47. The monoisotopic (exact) mass is 219 g/mol. The van der Waals surface area contributed by atoms with Gasteiger partial charge in [0, 0.05) is 18.1 Å². The van der Waals surface area contributed by atoms with Crippen molar-refractivity contribution in [1.29, 1.82) is 0 Å². The maximum absolute atomic E-state index is 13.0. The molecule has 0 spiro atoms. The van der Waals surface area contributed by atoms with Gasteiger partial charge in [-0.2, -0.15) is 0 Å². The number of hydrogen-bond donors (Lipinski definition) is 1. The Bertz CT molecular complexity index is 545. The molecule has 4 nitrogen and oxygen atoms in total. The van der Waals surface area contributed by atoms with Crippen LogP contribution in [-0.2, 0) is 6.54 Å². The third kappa shape index (κ3) is 2.25. The zero-order valence-electron chi connectivity index (χ0n) is 8.43. The molecule has 0 saturated heterocycles.